The zero-order valence-corrected chi connectivity index (χ0v) is 16.8. The Labute approximate surface area is 170 Å². The molecule has 0 radical (unpaired) electrons. The van der Waals surface area contributed by atoms with E-state index in [1.807, 2.05) is 48.7 Å². The highest BCUT2D eigenvalue weighted by Crippen LogP contribution is 2.41. The standard InChI is InChI=1S/C23H24N2O4/c1-4-11-28-23-17-14-24-21(13-15-9-10-19(26-2)20(12-15)27-3)25-22(17)16-7-5-6-8-18(16)29-23/h5-10,12,14,23H,4,11,13H2,1-3H3. The Morgan fingerprint density at radius 3 is 2.66 bits per heavy atom. The molecule has 1 aliphatic rings. The van der Waals surface area contributed by atoms with Crippen LogP contribution < -0.4 is 14.2 Å². The van der Waals surface area contributed by atoms with Gasteiger partial charge in [-0.25, -0.2) is 9.97 Å². The predicted molar refractivity (Wildman–Crippen MR) is 109 cm³/mol. The Bertz CT molecular complexity index is 1010. The van der Waals surface area contributed by atoms with Crippen LogP contribution in [0.3, 0.4) is 0 Å². The van der Waals surface area contributed by atoms with Gasteiger partial charge in [-0.15, -0.1) is 0 Å². The van der Waals surface area contributed by atoms with Gasteiger partial charge in [-0.3, -0.25) is 0 Å². The van der Waals surface area contributed by atoms with Crippen molar-refractivity contribution in [3.05, 3.63) is 65.6 Å². The predicted octanol–water partition coefficient (Wildman–Crippen LogP) is 4.57. The molecule has 1 aromatic heterocycles. The number of fused-ring (bicyclic) bond motifs is 3. The lowest BCUT2D eigenvalue weighted by Gasteiger charge is -2.27. The van der Waals surface area contributed by atoms with E-state index >= 15 is 0 Å². The van der Waals surface area contributed by atoms with E-state index in [1.54, 1.807) is 14.2 Å². The first kappa shape index (κ1) is 19.2. The van der Waals surface area contributed by atoms with Crippen molar-refractivity contribution in [2.75, 3.05) is 20.8 Å². The second kappa shape index (κ2) is 8.49. The van der Waals surface area contributed by atoms with Crippen molar-refractivity contribution in [3.8, 4) is 28.5 Å². The first-order valence-corrected chi connectivity index (χ1v) is 9.67. The summed E-state index contributed by atoms with van der Waals surface area (Å²) in [6.07, 6.45) is 2.82. The van der Waals surface area contributed by atoms with Crippen molar-refractivity contribution in [2.45, 2.75) is 26.1 Å². The van der Waals surface area contributed by atoms with Crippen molar-refractivity contribution in [2.24, 2.45) is 0 Å². The summed E-state index contributed by atoms with van der Waals surface area (Å²) in [5, 5.41) is 0. The molecule has 0 spiro atoms. The molecule has 150 valence electrons. The highest BCUT2D eigenvalue weighted by Gasteiger charge is 2.28. The molecule has 0 saturated heterocycles. The lowest BCUT2D eigenvalue weighted by atomic mass is 10.0. The molecular formula is C23H24N2O4. The molecule has 6 heteroatoms. The lowest BCUT2D eigenvalue weighted by molar-refractivity contribution is -0.0852. The number of para-hydroxylation sites is 1. The van der Waals surface area contributed by atoms with Crippen LogP contribution in [0, 0.1) is 0 Å². The minimum Gasteiger partial charge on any atom is -0.493 e. The number of rotatable bonds is 7. The molecule has 6 nitrogen and oxygen atoms in total. The number of hydrogen-bond donors (Lipinski definition) is 0. The topological polar surface area (TPSA) is 62.7 Å². The van der Waals surface area contributed by atoms with Gasteiger partial charge in [0.05, 0.1) is 32.1 Å². The molecule has 0 fully saturated rings. The summed E-state index contributed by atoms with van der Waals surface area (Å²) in [7, 11) is 3.26. The van der Waals surface area contributed by atoms with Crippen LogP contribution in [0.1, 0.15) is 36.6 Å². The average Bonchev–Trinajstić information content (AvgIpc) is 2.77. The van der Waals surface area contributed by atoms with E-state index in [4.69, 9.17) is 23.9 Å². The van der Waals surface area contributed by atoms with Crippen molar-refractivity contribution in [3.63, 3.8) is 0 Å². The Morgan fingerprint density at radius 2 is 1.86 bits per heavy atom. The third-order valence-electron chi connectivity index (χ3n) is 4.78. The normalized spacial score (nSPS) is 14.5. The largest absolute Gasteiger partial charge is 0.493 e. The first-order valence-electron chi connectivity index (χ1n) is 9.67. The number of hydrogen-bond acceptors (Lipinski definition) is 6. The van der Waals surface area contributed by atoms with E-state index in [9.17, 15) is 0 Å². The Morgan fingerprint density at radius 1 is 1.03 bits per heavy atom. The zero-order valence-electron chi connectivity index (χ0n) is 16.8. The molecule has 1 unspecified atom stereocenters. The van der Waals surface area contributed by atoms with Gasteiger partial charge < -0.3 is 18.9 Å². The van der Waals surface area contributed by atoms with Crippen LogP contribution in [-0.4, -0.2) is 30.8 Å². The van der Waals surface area contributed by atoms with E-state index in [1.165, 1.54) is 0 Å². The molecule has 4 rings (SSSR count). The molecule has 3 aromatic rings. The van der Waals surface area contributed by atoms with Gasteiger partial charge in [-0.1, -0.05) is 25.1 Å². The molecule has 0 aliphatic carbocycles. The van der Waals surface area contributed by atoms with E-state index in [0.717, 1.165) is 40.4 Å². The van der Waals surface area contributed by atoms with Gasteiger partial charge in [-0.2, -0.15) is 0 Å². The SMILES string of the molecule is CCCOC1Oc2ccccc2-c2nc(Cc3ccc(OC)c(OC)c3)ncc21. The van der Waals surface area contributed by atoms with E-state index in [2.05, 4.69) is 11.9 Å². The van der Waals surface area contributed by atoms with E-state index < -0.39 is 6.29 Å². The molecule has 0 N–H and O–H groups in total. The summed E-state index contributed by atoms with van der Waals surface area (Å²) in [5.74, 6) is 2.89. The third-order valence-corrected chi connectivity index (χ3v) is 4.78. The summed E-state index contributed by atoms with van der Waals surface area (Å²) in [6.45, 7) is 2.68. The number of benzene rings is 2. The van der Waals surface area contributed by atoms with Gasteiger partial charge in [0.25, 0.3) is 0 Å². The Hall–Kier alpha value is -3.12. The fraction of sp³-hybridized carbons (Fsp3) is 0.304. The van der Waals surface area contributed by atoms with Crippen molar-refractivity contribution in [1.82, 2.24) is 9.97 Å². The maximum absolute atomic E-state index is 6.04. The highest BCUT2D eigenvalue weighted by molar-refractivity contribution is 5.72. The first-order chi connectivity index (χ1) is 14.2. The van der Waals surface area contributed by atoms with Crippen LogP contribution in [0.15, 0.2) is 48.7 Å². The minimum absolute atomic E-state index is 0.491. The van der Waals surface area contributed by atoms with Gasteiger partial charge in [0.2, 0.25) is 6.29 Å². The summed E-state index contributed by atoms with van der Waals surface area (Å²) >= 11 is 0. The van der Waals surface area contributed by atoms with Crippen LogP contribution in [0.2, 0.25) is 0 Å². The average molecular weight is 392 g/mol. The van der Waals surface area contributed by atoms with Gasteiger partial charge >= 0.3 is 0 Å². The van der Waals surface area contributed by atoms with Crippen molar-refractivity contribution in [1.29, 1.82) is 0 Å². The summed E-state index contributed by atoms with van der Waals surface area (Å²) in [6, 6.07) is 13.7. The van der Waals surface area contributed by atoms with Crippen LogP contribution in [-0.2, 0) is 11.2 Å². The molecule has 1 aliphatic heterocycles. The Balaban J connectivity index is 1.68. The second-order valence-corrected chi connectivity index (χ2v) is 6.77. The quantitative estimate of drug-likeness (QED) is 0.587. The van der Waals surface area contributed by atoms with Gasteiger partial charge in [0.15, 0.2) is 11.5 Å². The van der Waals surface area contributed by atoms with Crippen molar-refractivity contribution < 1.29 is 18.9 Å². The number of nitrogens with zero attached hydrogens (tertiary/aromatic N) is 2. The molecule has 0 bridgehead atoms. The smallest absolute Gasteiger partial charge is 0.230 e. The molecular weight excluding hydrogens is 368 g/mol. The van der Waals surface area contributed by atoms with Gasteiger partial charge in [-0.05, 0) is 36.2 Å². The van der Waals surface area contributed by atoms with Crippen LogP contribution >= 0.6 is 0 Å². The second-order valence-electron chi connectivity index (χ2n) is 6.77. The molecule has 29 heavy (non-hydrogen) atoms. The van der Waals surface area contributed by atoms with Gasteiger partial charge in [0.1, 0.15) is 11.6 Å². The van der Waals surface area contributed by atoms with E-state index in [-0.39, 0.29) is 0 Å². The fourth-order valence-corrected chi connectivity index (χ4v) is 3.37. The zero-order chi connectivity index (χ0) is 20.2. The maximum atomic E-state index is 6.04. The summed E-state index contributed by atoms with van der Waals surface area (Å²) < 4.78 is 22.7. The monoisotopic (exact) mass is 392 g/mol. The number of methoxy groups -OCH3 is 2. The van der Waals surface area contributed by atoms with E-state index in [0.29, 0.717) is 24.5 Å². The Kier molecular flexibility index (Phi) is 5.62. The summed E-state index contributed by atoms with van der Waals surface area (Å²) in [4.78, 5) is 9.44. The third kappa shape index (κ3) is 3.89. The van der Waals surface area contributed by atoms with Gasteiger partial charge in [0, 0.05) is 18.2 Å². The van der Waals surface area contributed by atoms with Crippen LogP contribution in [0.5, 0.6) is 17.2 Å². The number of aromatic nitrogens is 2. The lowest BCUT2D eigenvalue weighted by Crippen LogP contribution is -2.19. The summed E-state index contributed by atoms with van der Waals surface area (Å²) in [5.41, 5.74) is 3.71. The molecule has 1 atom stereocenters. The molecule has 2 aromatic carbocycles. The van der Waals surface area contributed by atoms with Crippen LogP contribution in [0.25, 0.3) is 11.3 Å². The highest BCUT2D eigenvalue weighted by atomic mass is 16.7. The molecule has 0 saturated carbocycles. The van der Waals surface area contributed by atoms with Crippen LogP contribution in [0.4, 0.5) is 0 Å². The minimum atomic E-state index is -0.491. The molecule has 0 amide bonds. The molecule has 2 heterocycles. The number of ether oxygens (including phenoxy) is 4. The maximum Gasteiger partial charge on any atom is 0.230 e. The fourth-order valence-electron chi connectivity index (χ4n) is 3.37. The van der Waals surface area contributed by atoms with Crippen molar-refractivity contribution >= 4 is 0 Å².